The molecule has 0 saturated heterocycles. The molecule has 1 aromatic carbocycles. The summed E-state index contributed by atoms with van der Waals surface area (Å²) in [4.78, 5) is 2.37. The zero-order valence-corrected chi connectivity index (χ0v) is 11.1. The first-order valence-corrected chi connectivity index (χ1v) is 5.54. The summed E-state index contributed by atoms with van der Waals surface area (Å²) in [7, 11) is 2.18. The molecule has 0 N–H and O–H groups in total. The number of nitrogens with zero attached hydrogens (tertiary/aromatic N) is 1. The fraction of sp³-hybridized carbons (Fsp3) is 0.429. The molecule has 0 fully saturated rings. The van der Waals surface area contributed by atoms with Gasteiger partial charge in [0, 0.05) is 18.5 Å². The molecule has 0 atom stereocenters. The van der Waals surface area contributed by atoms with Crippen molar-refractivity contribution in [2.45, 2.75) is 13.8 Å². The van der Waals surface area contributed by atoms with Crippen LogP contribution in [0.1, 0.15) is 19.4 Å². The van der Waals surface area contributed by atoms with Crippen molar-refractivity contribution >= 4 is 18.0 Å². The largest absolute Gasteiger partial charge is 0.302 e. The third-order valence-corrected chi connectivity index (χ3v) is 3.09. The Bertz CT molecular complexity index is 368. The molecule has 88 valence electrons. The van der Waals surface area contributed by atoms with E-state index in [-0.39, 0.29) is 17.8 Å². The Morgan fingerprint density at radius 2 is 1.75 bits per heavy atom. The zero-order chi connectivity index (χ0) is 10.9. The van der Waals surface area contributed by atoms with Crippen molar-refractivity contribution in [1.82, 2.24) is 4.90 Å². The van der Waals surface area contributed by atoms with E-state index in [1.165, 1.54) is 11.1 Å². The molecular weight excluding hydrogens is 218 g/mol. The molecule has 0 amide bonds. The van der Waals surface area contributed by atoms with Gasteiger partial charge in [0.15, 0.2) is 0 Å². The van der Waals surface area contributed by atoms with Gasteiger partial charge >= 0.3 is 0 Å². The number of likely N-dealkylation sites (N-methyl/N-ethyl adjacent to an activating group) is 1. The molecular formula is C14H20ClN. The molecule has 1 aliphatic heterocycles. The van der Waals surface area contributed by atoms with Crippen LogP contribution in [0.3, 0.4) is 0 Å². The van der Waals surface area contributed by atoms with E-state index in [1.54, 1.807) is 0 Å². The average Bonchev–Trinajstić information content (AvgIpc) is 2.17. The number of benzene rings is 1. The summed E-state index contributed by atoms with van der Waals surface area (Å²) in [6, 6.07) is 10.7. The van der Waals surface area contributed by atoms with Crippen molar-refractivity contribution < 1.29 is 0 Å². The minimum absolute atomic E-state index is 0. The average molecular weight is 238 g/mol. The van der Waals surface area contributed by atoms with E-state index in [9.17, 15) is 0 Å². The Morgan fingerprint density at radius 1 is 1.12 bits per heavy atom. The Hall–Kier alpha value is -0.790. The summed E-state index contributed by atoms with van der Waals surface area (Å²) < 4.78 is 0. The lowest BCUT2D eigenvalue weighted by Gasteiger charge is -2.37. The summed E-state index contributed by atoms with van der Waals surface area (Å²) in [5.74, 6) is 0. The van der Waals surface area contributed by atoms with Gasteiger partial charge in [-0.25, -0.2) is 0 Å². The van der Waals surface area contributed by atoms with E-state index in [1.807, 2.05) is 0 Å². The van der Waals surface area contributed by atoms with Crippen LogP contribution < -0.4 is 0 Å². The molecule has 0 radical (unpaired) electrons. The molecule has 2 rings (SSSR count). The van der Waals surface area contributed by atoms with E-state index in [0.29, 0.717) is 0 Å². The summed E-state index contributed by atoms with van der Waals surface area (Å²) >= 11 is 0. The fourth-order valence-corrected chi connectivity index (χ4v) is 2.47. The highest BCUT2D eigenvalue weighted by Crippen LogP contribution is 2.37. The molecule has 1 nitrogen and oxygen atoms in total. The van der Waals surface area contributed by atoms with Crippen molar-refractivity contribution in [3.63, 3.8) is 0 Å². The SMILES string of the molecule is CN1CC=C(c2ccccc2)C(C)(C)C1.Cl. The lowest BCUT2D eigenvalue weighted by molar-refractivity contribution is 0.264. The zero-order valence-electron chi connectivity index (χ0n) is 10.2. The molecule has 1 heterocycles. The second kappa shape index (κ2) is 5.03. The first-order valence-electron chi connectivity index (χ1n) is 5.54. The Balaban J connectivity index is 0.00000128. The van der Waals surface area contributed by atoms with Crippen LogP contribution in [-0.4, -0.2) is 25.0 Å². The molecule has 0 spiro atoms. The van der Waals surface area contributed by atoms with Gasteiger partial charge in [-0.15, -0.1) is 12.4 Å². The van der Waals surface area contributed by atoms with Crippen LogP contribution >= 0.6 is 12.4 Å². The predicted molar refractivity (Wildman–Crippen MR) is 72.9 cm³/mol. The molecule has 0 aromatic heterocycles. The second-order valence-corrected chi connectivity index (χ2v) is 5.06. The van der Waals surface area contributed by atoms with Gasteiger partial charge in [-0.2, -0.15) is 0 Å². The van der Waals surface area contributed by atoms with Crippen molar-refractivity contribution in [3.8, 4) is 0 Å². The standard InChI is InChI=1S/C14H19N.ClH/c1-14(2)11-15(3)10-9-13(14)12-7-5-4-6-8-12;/h4-9H,10-11H2,1-3H3;1H. The first kappa shape index (κ1) is 13.3. The molecule has 0 aliphatic carbocycles. The van der Waals surface area contributed by atoms with Crippen LogP contribution in [0, 0.1) is 5.41 Å². The van der Waals surface area contributed by atoms with Gasteiger partial charge < -0.3 is 4.90 Å². The van der Waals surface area contributed by atoms with Gasteiger partial charge in [0.2, 0.25) is 0 Å². The highest BCUT2D eigenvalue weighted by molar-refractivity contribution is 5.85. The third-order valence-electron chi connectivity index (χ3n) is 3.09. The van der Waals surface area contributed by atoms with E-state index in [2.05, 4.69) is 62.2 Å². The van der Waals surface area contributed by atoms with E-state index in [4.69, 9.17) is 0 Å². The predicted octanol–water partition coefficient (Wildman–Crippen LogP) is 3.46. The van der Waals surface area contributed by atoms with Crippen LogP contribution in [0.25, 0.3) is 5.57 Å². The van der Waals surface area contributed by atoms with Crippen molar-refractivity contribution in [2.75, 3.05) is 20.1 Å². The number of rotatable bonds is 1. The van der Waals surface area contributed by atoms with Gasteiger partial charge in [0.05, 0.1) is 0 Å². The van der Waals surface area contributed by atoms with Crippen LogP contribution in [0.5, 0.6) is 0 Å². The molecule has 1 aliphatic rings. The molecule has 16 heavy (non-hydrogen) atoms. The maximum absolute atomic E-state index is 2.37. The molecule has 0 bridgehead atoms. The summed E-state index contributed by atoms with van der Waals surface area (Å²) in [6.45, 7) is 6.84. The van der Waals surface area contributed by atoms with Crippen LogP contribution in [0.15, 0.2) is 36.4 Å². The van der Waals surface area contributed by atoms with Crippen molar-refractivity contribution in [2.24, 2.45) is 5.41 Å². The number of halogens is 1. The van der Waals surface area contributed by atoms with Crippen LogP contribution in [0.2, 0.25) is 0 Å². The van der Waals surface area contributed by atoms with Gasteiger partial charge in [-0.1, -0.05) is 50.3 Å². The summed E-state index contributed by atoms with van der Waals surface area (Å²) in [5.41, 5.74) is 3.12. The minimum Gasteiger partial charge on any atom is -0.302 e. The van der Waals surface area contributed by atoms with Gasteiger partial charge in [0.1, 0.15) is 0 Å². The monoisotopic (exact) mass is 237 g/mol. The van der Waals surface area contributed by atoms with E-state index < -0.39 is 0 Å². The maximum atomic E-state index is 2.37. The Kier molecular flexibility index (Phi) is 4.17. The lowest BCUT2D eigenvalue weighted by Crippen LogP contribution is -2.36. The van der Waals surface area contributed by atoms with Gasteiger partial charge in [-0.3, -0.25) is 0 Å². The number of hydrogen-bond donors (Lipinski definition) is 0. The van der Waals surface area contributed by atoms with E-state index >= 15 is 0 Å². The molecule has 0 saturated carbocycles. The molecule has 0 unspecified atom stereocenters. The Labute approximate surface area is 105 Å². The highest BCUT2D eigenvalue weighted by atomic mass is 35.5. The molecule has 1 aromatic rings. The highest BCUT2D eigenvalue weighted by Gasteiger charge is 2.28. The third kappa shape index (κ3) is 2.66. The summed E-state index contributed by atoms with van der Waals surface area (Å²) in [6.07, 6.45) is 2.36. The quantitative estimate of drug-likeness (QED) is 0.723. The number of hydrogen-bond acceptors (Lipinski definition) is 1. The maximum Gasteiger partial charge on any atom is 0.0166 e. The smallest absolute Gasteiger partial charge is 0.0166 e. The fourth-order valence-electron chi connectivity index (χ4n) is 2.47. The molecule has 2 heteroatoms. The van der Waals surface area contributed by atoms with Crippen molar-refractivity contribution in [1.29, 1.82) is 0 Å². The topological polar surface area (TPSA) is 3.24 Å². The lowest BCUT2D eigenvalue weighted by atomic mass is 9.78. The van der Waals surface area contributed by atoms with Crippen LogP contribution in [-0.2, 0) is 0 Å². The van der Waals surface area contributed by atoms with Gasteiger partial charge in [-0.05, 0) is 18.2 Å². The normalized spacial score (nSPS) is 19.8. The summed E-state index contributed by atoms with van der Waals surface area (Å²) in [5, 5.41) is 0. The van der Waals surface area contributed by atoms with Crippen molar-refractivity contribution in [3.05, 3.63) is 42.0 Å². The van der Waals surface area contributed by atoms with Gasteiger partial charge in [0.25, 0.3) is 0 Å². The second-order valence-electron chi connectivity index (χ2n) is 5.06. The van der Waals surface area contributed by atoms with E-state index in [0.717, 1.165) is 13.1 Å². The minimum atomic E-state index is 0. The van der Waals surface area contributed by atoms with Crippen LogP contribution in [0.4, 0.5) is 0 Å². The Morgan fingerprint density at radius 3 is 2.31 bits per heavy atom. The first-order chi connectivity index (χ1) is 7.09.